The van der Waals surface area contributed by atoms with Crippen molar-refractivity contribution in [2.75, 3.05) is 19.8 Å². The molecule has 0 spiro atoms. The van der Waals surface area contributed by atoms with Crippen LogP contribution in [0.1, 0.15) is 5.56 Å². The first-order valence-corrected chi connectivity index (χ1v) is 6.15. The Balaban J connectivity index is 2.87. The molecule has 1 rings (SSSR count). The van der Waals surface area contributed by atoms with Crippen molar-refractivity contribution in [1.82, 2.24) is 5.32 Å². The van der Waals surface area contributed by atoms with Crippen LogP contribution in [0, 0.1) is 0 Å². The number of aliphatic hydroxyl groups excluding tert-OH is 3. The molecule has 0 fully saturated rings. The summed E-state index contributed by atoms with van der Waals surface area (Å²) in [5.74, 6) is -0.0698. The molecule has 0 heterocycles. The first-order valence-electron chi connectivity index (χ1n) is 5.77. The molecule has 20 heavy (non-hydrogen) atoms. The van der Waals surface area contributed by atoms with Gasteiger partial charge in [0.05, 0.1) is 25.4 Å². The molecule has 0 aliphatic rings. The maximum atomic E-state index is 12.3. The van der Waals surface area contributed by atoms with E-state index in [1.54, 1.807) is 0 Å². The summed E-state index contributed by atoms with van der Waals surface area (Å²) in [5.41, 5.74) is -0.998. The SMILES string of the molecule is OCC(CO)(CO)NCc1cc(Cl)ccc1OC(F)F. The van der Waals surface area contributed by atoms with Gasteiger partial charge in [0.15, 0.2) is 0 Å². The molecule has 0 amide bonds. The molecule has 0 aromatic heterocycles. The highest BCUT2D eigenvalue weighted by Gasteiger charge is 2.27. The van der Waals surface area contributed by atoms with Gasteiger partial charge in [-0.1, -0.05) is 11.6 Å². The van der Waals surface area contributed by atoms with Crippen LogP contribution in [-0.4, -0.2) is 47.3 Å². The number of hydrogen-bond acceptors (Lipinski definition) is 5. The van der Waals surface area contributed by atoms with Crippen LogP contribution in [0.5, 0.6) is 5.75 Å². The van der Waals surface area contributed by atoms with Gasteiger partial charge in [0.25, 0.3) is 0 Å². The Bertz CT molecular complexity index is 422. The Hall–Kier alpha value is -0.990. The summed E-state index contributed by atoms with van der Waals surface area (Å²) in [6, 6.07) is 4.12. The highest BCUT2D eigenvalue weighted by atomic mass is 35.5. The average Bonchev–Trinajstić information content (AvgIpc) is 2.43. The standard InChI is InChI=1S/C12H16ClF2NO4/c13-9-1-2-10(20-11(14)15)8(3-9)4-16-12(5-17,6-18)7-19/h1-3,11,16-19H,4-7H2. The van der Waals surface area contributed by atoms with Crippen molar-refractivity contribution in [2.24, 2.45) is 0 Å². The van der Waals surface area contributed by atoms with Crippen LogP contribution in [0.4, 0.5) is 8.78 Å². The van der Waals surface area contributed by atoms with E-state index >= 15 is 0 Å². The third kappa shape index (κ3) is 4.53. The number of rotatable bonds is 8. The van der Waals surface area contributed by atoms with Crippen LogP contribution in [0.25, 0.3) is 0 Å². The van der Waals surface area contributed by atoms with E-state index in [9.17, 15) is 8.78 Å². The fourth-order valence-corrected chi connectivity index (χ4v) is 1.69. The predicted octanol–water partition coefficient (Wildman–Crippen LogP) is 0.747. The van der Waals surface area contributed by atoms with Crippen molar-refractivity contribution in [1.29, 1.82) is 0 Å². The van der Waals surface area contributed by atoms with Crippen molar-refractivity contribution in [3.8, 4) is 5.75 Å². The van der Waals surface area contributed by atoms with Crippen molar-refractivity contribution < 1.29 is 28.8 Å². The van der Waals surface area contributed by atoms with Crippen LogP contribution in [0.15, 0.2) is 18.2 Å². The summed E-state index contributed by atoms with van der Waals surface area (Å²) in [7, 11) is 0. The number of alkyl halides is 2. The second-order valence-electron chi connectivity index (χ2n) is 4.24. The minimum absolute atomic E-state index is 0.0235. The van der Waals surface area contributed by atoms with Gasteiger partial charge in [0.2, 0.25) is 0 Å². The summed E-state index contributed by atoms with van der Waals surface area (Å²) in [5, 5.41) is 30.5. The molecule has 0 saturated heterocycles. The van der Waals surface area contributed by atoms with Gasteiger partial charge >= 0.3 is 6.61 Å². The van der Waals surface area contributed by atoms with E-state index < -0.39 is 32.0 Å². The average molecular weight is 312 g/mol. The molecular weight excluding hydrogens is 296 g/mol. The van der Waals surface area contributed by atoms with Gasteiger partial charge in [-0.15, -0.1) is 0 Å². The quantitative estimate of drug-likeness (QED) is 0.569. The topological polar surface area (TPSA) is 82.0 Å². The second kappa shape index (κ2) is 7.70. The minimum Gasteiger partial charge on any atom is -0.434 e. The third-order valence-electron chi connectivity index (χ3n) is 2.80. The van der Waals surface area contributed by atoms with Gasteiger partial charge in [0, 0.05) is 17.1 Å². The lowest BCUT2D eigenvalue weighted by Gasteiger charge is -2.29. The van der Waals surface area contributed by atoms with Crippen molar-refractivity contribution >= 4 is 11.6 Å². The maximum Gasteiger partial charge on any atom is 0.387 e. The monoisotopic (exact) mass is 311 g/mol. The van der Waals surface area contributed by atoms with E-state index in [2.05, 4.69) is 10.1 Å². The van der Waals surface area contributed by atoms with Gasteiger partial charge in [-0.3, -0.25) is 0 Å². The van der Waals surface area contributed by atoms with Crippen molar-refractivity contribution in [3.63, 3.8) is 0 Å². The highest BCUT2D eigenvalue weighted by molar-refractivity contribution is 6.30. The molecule has 0 aliphatic carbocycles. The van der Waals surface area contributed by atoms with E-state index in [-0.39, 0.29) is 12.3 Å². The second-order valence-corrected chi connectivity index (χ2v) is 4.68. The van der Waals surface area contributed by atoms with Gasteiger partial charge in [0.1, 0.15) is 5.75 Å². The summed E-state index contributed by atoms with van der Waals surface area (Å²) >= 11 is 5.79. The highest BCUT2D eigenvalue weighted by Crippen LogP contribution is 2.25. The largest absolute Gasteiger partial charge is 0.434 e. The summed E-state index contributed by atoms with van der Waals surface area (Å²) in [4.78, 5) is 0. The smallest absolute Gasteiger partial charge is 0.387 e. The molecule has 1 aromatic rings. The molecule has 4 N–H and O–H groups in total. The Morgan fingerprint density at radius 3 is 2.30 bits per heavy atom. The first-order chi connectivity index (χ1) is 9.46. The van der Waals surface area contributed by atoms with Crippen molar-refractivity contribution in [2.45, 2.75) is 18.7 Å². The lowest BCUT2D eigenvalue weighted by atomic mass is 10.0. The molecule has 0 unspecified atom stereocenters. The Labute approximate surface area is 119 Å². The zero-order chi connectivity index (χ0) is 15.2. The van der Waals surface area contributed by atoms with Gasteiger partial charge < -0.3 is 25.4 Å². The van der Waals surface area contributed by atoms with E-state index in [0.29, 0.717) is 10.6 Å². The fourth-order valence-electron chi connectivity index (χ4n) is 1.50. The number of nitrogens with one attached hydrogen (secondary N) is 1. The number of benzene rings is 1. The summed E-state index contributed by atoms with van der Waals surface area (Å²) in [6.07, 6.45) is 0. The van der Waals surface area contributed by atoms with E-state index in [4.69, 9.17) is 26.9 Å². The summed E-state index contributed by atoms with van der Waals surface area (Å²) in [6.45, 7) is -4.57. The zero-order valence-electron chi connectivity index (χ0n) is 10.5. The van der Waals surface area contributed by atoms with Gasteiger partial charge in [-0.25, -0.2) is 0 Å². The summed E-state index contributed by atoms with van der Waals surface area (Å²) < 4.78 is 28.9. The number of ether oxygens (including phenoxy) is 1. The lowest BCUT2D eigenvalue weighted by molar-refractivity contribution is -0.0507. The molecule has 0 bridgehead atoms. The fraction of sp³-hybridized carbons (Fsp3) is 0.500. The molecule has 0 saturated carbocycles. The van der Waals surface area contributed by atoms with E-state index in [1.165, 1.54) is 18.2 Å². The van der Waals surface area contributed by atoms with Gasteiger partial charge in [-0.2, -0.15) is 8.78 Å². The number of aliphatic hydroxyl groups is 3. The molecule has 0 atom stereocenters. The third-order valence-corrected chi connectivity index (χ3v) is 3.04. The van der Waals surface area contributed by atoms with Crippen LogP contribution < -0.4 is 10.1 Å². The molecule has 8 heteroatoms. The predicted molar refractivity (Wildman–Crippen MR) is 68.9 cm³/mol. The maximum absolute atomic E-state index is 12.3. The van der Waals surface area contributed by atoms with Crippen LogP contribution in [0.3, 0.4) is 0 Å². The Kier molecular flexibility index (Phi) is 6.57. The van der Waals surface area contributed by atoms with Crippen molar-refractivity contribution in [3.05, 3.63) is 28.8 Å². The number of halogens is 3. The first kappa shape index (κ1) is 17.1. The Morgan fingerprint density at radius 2 is 1.80 bits per heavy atom. The van der Waals surface area contributed by atoms with Crippen LogP contribution >= 0.6 is 11.6 Å². The number of hydrogen-bond donors (Lipinski definition) is 4. The van der Waals surface area contributed by atoms with Gasteiger partial charge in [-0.05, 0) is 18.2 Å². The molecule has 1 aromatic carbocycles. The zero-order valence-corrected chi connectivity index (χ0v) is 11.3. The molecule has 5 nitrogen and oxygen atoms in total. The van der Waals surface area contributed by atoms with E-state index in [0.717, 1.165) is 0 Å². The van der Waals surface area contributed by atoms with E-state index in [1.807, 2.05) is 0 Å². The normalized spacial score (nSPS) is 11.9. The molecule has 114 valence electrons. The molecule has 0 aliphatic heterocycles. The van der Waals surface area contributed by atoms with Crippen LogP contribution in [-0.2, 0) is 6.54 Å². The van der Waals surface area contributed by atoms with Crippen LogP contribution in [0.2, 0.25) is 5.02 Å². The molecule has 0 radical (unpaired) electrons. The molecular formula is C12H16ClF2NO4. The Morgan fingerprint density at radius 1 is 1.20 bits per heavy atom. The lowest BCUT2D eigenvalue weighted by Crippen LogP contribution is -2.54. The minimum atomic E-state index is -2.98.